The zero-order chi connectivity index (χ0) is 26.8. The highest BCUT2D eigenvalue weighted by Crippen LogP contribution is 2.44. The van der Waals surface area contributed by atoms with Crippen molar-refractivity contribution in [2.24, 2.45) is 0 Å². The van der Waals surface area contributed by atoms with Crippen LogP contribution in [0.4, 0.5) is 0 Å². The van der Waals surface area contributed by atoms with E-state index in [1.54, 1.807) is 30.7 Å². The van der Waals surface area contributed by atoms with Crippen molar-refractivity contribution >= 4 is 32.3 Å². The molecule has 6 aromatic rings. The van der Waals surface area contributed by atoms with Gasteiger partial charge in [-0.05, 0) is 68.1 Å². The second-order valence-corrected chi connectivity index (χ2v) is 8.76. The number of benzene rings is 6. The van der Waals surface area contributed by atoms with Gasteiger partial charge < -0.3 is 14.2 Å². The molecule has 0 saturated carbocycles. The summed E-state index contributed by atoms with van der Waals surface area (Å²) in [7, 11) is 0. The number of fused-ring (bicyclic) bond motifs is 3. The van der Waals surface area contributed by atoms with Crippen LogP contribution in [-0.2, 0) is 0 Å². The van der Waals surface area contributed by atoms with Crippen LogP contribution in [-0.4, -0.2) is 0 Å². The Morgan fingerprint density at radius 3 is 1.82 bits per heavy atom. The minimum Gasteiger partial charge on any atom is -0.388 e. The van der Waals surface area contributed by atoms with E-state index in [1.165, 1.54) is 0 Å². The molecule has 0 aromatic heterocycles. The van der Waals surface area contributed by atoms with Crippen molar-refractivity contribution < 1.29 is 14.2 Å². The van der Waals surface area contributed by atoms with Crippen molar-refractivity contribution in [2.75, 3.05) is 0 Å². The molecule has 0 bridgehead atoms. The predicted molar refractivity (Wildman–Crippen MR) is 149 cm³/mol. The molecule has 0 unspecified atom stereocenters. The number of nitrogens with zero attached hydrogens (tertiary/aromatic N) is 3. The quantitative estimate of drug-likeness (QED) is 0.221. The van der Waals surface area contributed by atoms with Crippen LogP contribution in [0.2, 0.25) is 0 Å². The molecule has 0 spiro atoms. The van der Waals surface area contributed by atoms with Gasteiger partial charge in [0, 0.05) is 10.8 Å². The Morgan fingerprint density at radius 1 is 0.436 bits per heavy atom. The highest BCUT2D eigenvalue weighted by molar-refractivity contribution is 6.14. The third-order valence-corrected chi connectivity index (χ3v) is 6.79. The molecule has 0 amide bonds. The Bertz CT molecular complexity index is 2050. The first-order chi connectivity index (χ1) is 19.2. The van der Waals surface area contributed by atoms with E-state index >= 15 is 0 Å². The van der Waals surface area contributed by atoms with E-state index in [1.807, 2.05) is 85.1 Å². The van der Waals surface area contributed by atoms with Gasteiger partial charge in [0.1, 0.15) is 11.5 Å². The van der Waals surface area contributed by atoms with Gasteiger partial charge >= 0.3 is 0 Å². The van der Waals surface area contributed by atoms with Crippen molar-refractivity contribution in [3.05, 3.63) is 103 Å². The number of hydrogen-bond acceptors (Lipinski definition) is 6. The van der Waals surface area contributed by atoms with Crippen LogP contribution in [0.1, 0.15) is 0 Å². The monoisotopic (exact) mass is 503 g/mol. The van der Waals surface area contributed by atoms with Gasteiger partial charge in [-0.25, -0.2) is 0 Å². The van der Waals surface area contributed by atoms with Gasteiger partial charge in [0.15, 0.2) is 5.75 Å². The maximum atomic E-state index is 9.46. The second kappa shape index (κ2) is 9.79. The molecule has 0 saturated heterocycles. The first kappa shape index (κ1) is 23.4. The Labute approximate surface area is 223 Å². The van der Waals surface area contributed by atoms with E-state index < -0.39 is 0 Å². The molecule has 6 heteroatoms. The summed E-state index contributed by atoms with van der Waals surface area (Å²) < 4.78 is 15.8. The average molecular weight is 504 g/mol. The summed E-state index contributed by atoms with van der Waals surface area (Å²) >= 11 is 0. The first-order valence-corrected chi connectivity index (χ1v) is 12.0. The fourth-order valence-corrected chi connectivity index (χ4v) is 5.22. The fraction of sp³-hybridized carbons (Fsp3) is 0. The van der Waals surface area contributed by atoms with Crippen LogP contribution >= 0.6 is 0 Å². The molecule has 0 fully saturated rings. The lowest BCUT2D eigenvalue weighted by Gasteiger charge is -2.17. The van der Waals surface area contributed by atoms with Crippen molar-refractivity contribution in [3.8, 4) is 58.3 Å². The molecule has 0 radical (unpaired) electrons. The van der Waals surface area contributed by atoms with Crippen LogP contribution < -0.4 is 14.2 Å². The largest absolute Gasteiger partial charge is 0.388 e. The highest BCUT2D eigenvalue weighted by Gasteiger charge is 2.18. The van der Waals surface area contributed by atoms with Gasteiger partial charge in [0.25, 0.3) is 18.8 Å². The number of ether oxygens (including phenoxy) is 3. The average Bonchev–Trinajstić information content (AvgIpc) is 2.97. The Balaban J connectivity index is 1.68. The maximum Gasteiger partial charge on any atom is 0.292 e. The Hall–Kier alpha value is -6.03. The molecule has 0 atom stereocenters. The van der Waals surface area contributed by atoms with Crippen molar-refractivity contribution in [3.63, 3.8) is 0 Å². The normalized spacial score (nSPS) is 10.5. The summed E-state index contributed by atoms with van der Waals surface area (Å²) in [5.74, 6) is 1.36. The van der Waals surface area contributed by atoms with Crippen LogP contribution in [0.25, 0.3) is 54.6 Å². The topological polar surface area (TPSA) is 99.1 Å². The fourth-order valence-electron chi connectivity index (χ4n) is 5.22. The summed E-state index contributed by atoms with van der Waals surface area (Å²) in [5, 5.41) is 32.9. The molecule has 6 aromatic carbocycles. The van der Waals surface area contributed by atoms with E-state index in [0.717, 1.165) is 54.6 Å². The zero-order valence-corrected chi connectivity index (χ0v) is 20.4. The lowest BCUT2D eigenvalue weighted by molar-refractivity contribution is 0.508. The summed E-state index contributed by atoms with van der Waals surface area (Å²) in [5.41, 5.74) is 3.66. The van der Waals surface area contributed by atoms with E-state index in [4.69, 9.17) is 24.7 Å². The van der Waals surface area contributed by atoms with Gasteiger partial charge in [-0.3, -0.25) is 0 Å². The van der Waals surface area contributed by atoms with E-state index in [9.17, 15) is 5.26 Å². The Kier molecular flexibility index (Phi) is 5.87. The highest BCUT2D eigenvalue weighted by atomic mass is 16.5. The first-order valence-electron chi connectivity index (χ1n) is 12.0. The van der Waals surface area contributed by atoms with Crippen molar-refractivity contribution in [1.29, 1.82) is 15.8 Å². The number of hydrogen-bond donors (Lipinski definition) is 0. The predicted octanol–water partition coefficient (Wildman–Crippen LogP) is 8.06. The van der Waals surface area contributed by atoms with Gasteiger partial charge in [0.05, 0.1) is 0 Å². The molecule has 0 N–H and O–H groups in total. The molecule has 6 nitrogen and oxygen atoms in total. The minimum atomic E-state index is 0.432. The van der Waals surface area contributed by atoms with Gasteiger partial charge in [0.2, 0.25) is 0 Å². The lowest BCUT2D eigenvalue weighted by Crippen LogP contribution is -1.92. The van der Waals surface area contributed by atoms with E-state index in [-0.39, 0.29) is 0 Å². The SMILES string of the molecule is N#COc1ccc2cccc(-c3ccc(-c4cccc5c(OC#N)cccc45)c4c(OC#N)cccc34)c2c1. The van der Waals surface area contributed by atoms with E-state index in [0.29, 0.717) is 17.2 Å². The summed E-state index contributed by atoms with van der Waals surface area (Å²) in [6, 6.07) is 32.7. The number of nitriles is 3. The molecule has 6 rings (SSSR count). The van der Waals surface area contributed by atoms with Crippen LogP contribution in [0.15, 0.2) is 103 Å². The van der Waals surface area contributed by atoms with Gasteiger partial charge in [-0.1, -0.05) is 78.9 Å². The summed E-state index contributed by atoms with van der Waals surface area (Å²) in [6.45, 7) is 0. The van der Waals surface area contributed by atoms with Crippen LogP contribution in [0.5, 0.6) is 17.2 Å². The molecular weight excluding hydrogens is 486 g/mol. The summed E-state index contributed by atoms with van der Waals surface area (Å²) in [4.78, 5) is 0. The van der Waals surface area contributed by atoms with Crippen molar-refractivity contribution in [2.45, 2.75) is 0 Å². The number of rotatable bonds is 5. The van der Waals surface area contributed by atoms with Crippen LogP contribution in [0, 0.1) is 34.6 Å². The molecular formula is C33H17N3O3. The lowest BCUT2D eigenvalue weighted by atomic mass is 9.88. The third-order valence-electron chi connectivity index (χ3n) is 6.79. The second-order valence-electron chi connectivity index (χ2n) is 8.76. The molecule has 0 heterocycles. The van der Waals surface area contributed by atoms with Gasteiger partial charge in [-0.15, -0.1) is 15.8 Å². The Morgan fingerprint density at radius 2 is 1.03 bits per heavy atom. The smallest absolute Gasteiger partial charge is 0.292 e. The van der Waals surface area contributed by atoms with Crippen LogP contribution in [0.3, 0.4) is 0 Å². The third kappa shape index (κ3) is 3.98. The van der Waals surface area contributed by atoms with Gasteiger partial charge in [-0.2, -0.15) is 0 Å². The molecule has 0 aliphatic heterocycles. The molecule has 182 valence electrons. The minimum absolute atomic E-state index is 0.432. The maximum absolute atomic E-state index is 9.46. The summed E-state index contributed by atoms with van der Waals surface area (Å²) in [6.07, 6.45) is 5.32. The zero-order valence-electron chi connectivity index (χ0n) is 20.4. The van der Waals surface area contributed by atoms with E-state index in [2.05, 4.69) is 6.07 Å². The molecule has 39 heavy (non-hydrogen) atoms. The molecule has 0 aliphatic rings. The van der Waals surface area contributed by atoms with Crippen molar-refractivity contribution in [1.82, 2.24) is 0 Å². The molecule has 0 aliphatic carbocycles. The standard InChI is InChI=1S/C33H17N3O3/c34-18-37-22-14-13-21-5-1-6-25(30(21)17-22)26-15-16-29(33-28(26)10-4-12-32(33)39-20-36)24-7-2-9-27-23(24)8-3-11-31(27)38-19-35/h1-17H.